The first-order valence-electron chi connectivity index (χ1n) is 7.99. The molecule has 1 aliphatic rings. The second-order valence-corrected chi connectivity index (χ2v) is 6.91. The summed E-state index contributed by atoms with van der Waals surface area (Å²) in [6, 6.07) is 10.7. The number of hydrogen-bond donors (Lipinski definition) is 0. The van der Waals surface area contributed by atoms with Crippen molar-refractivity contribution in [2.24, 2.45) is 0 Å². The number of esters is 1. The maximum Gasteiger partial charge on any atom is 0.338 e. The normalized spacial score (nSPS) is 12.1. The van der Waals surface area contributed by atoms with Gasteiger partial charge in [0, 0.05) is 10.9 Å². The standard InChI is InChI=1S/C19H14ClNO5S/c1-23-14-4-2-3-11(5-14)18-21-13(9-27-18)8-24-19(22)12-6-15(20)17-16(7-12)25-10-26-17/h2-7,9H,8,10H2,1H3. The third-order valence-electron chi connectivity index (χ3n) is 3.88. The maximum atomic E-state index is 12.3. The van der Waals surface area contributed by atoms with Gasteiger partial charge in [-0.1, -0.05) is 23.7 Å². The van der Waals surface area contributed by atoms with Crippen LogP contribution in [0.5, 0.6) is 17.2 Å². The average Bonchev–Trinajstić information content (AvgIpc) is 3.35. The Balaban J connectivity index is 1.44. The number of methoxy groups -OCH3 is 1. The summed E-state index contributed by atoms with van der Waals surface area (Å²) >= 11 is 7.57. The number of carbonyl (C=O) groups is 1. The van der Waals surface area contributed by atoms with E-state index in [0.29, 0.717) is 27.8 Å². The summed E-state index contributed by atoms with van der Waals surface area (Å²) in [6.45, 7) is 0.144. The highest BCUT2D eigenvalue weighted by molar-refractivity contribution is 7.13. The van der Waals surface area contributed by atoms with Crippen LogP contribution in [0.15, 0.2) is 41.8 Å². The first-order valence-corrected chi connectivity index (χ1v) is 9.25. The number of benzene rings is 2. The molecule has 0 fully saturated rings. The van der Waals surface area contributed by atoms with E-state index in [4.69, 9.17) is 30.5 Å². The van der Waals surface area contributed by atoms with Crippen molar-refractivity contribution in [1.29, 1.82) is 0 Å². The molecular formula is C19H14ClNO5S. The SMILES string of the molecule is COc1cccc(-c2nc(COC(=O)c3cc(Cl)c4c(c3)OCO4)cs2)c1. The Kier molecular flexibility index (Phi) is 4.87. The predicted octanol–water partition coefficient (Wildman–Crippen LogP) is 4.56. The number of ether oxygens (including phenoxy) is 4. The van der Waals surface area contributed by atoms with Crippen molar-refractivity contribution in [3.8, 4) is 27.8 Å². The molecule has 0 bridgehead atoms. The molecule has 1 aromatic heterocycles. The topological polar surface area (TPSA) is 66.9 Å². The molecule has 2 aromatic carbocycles. The highest BCUT2D eigenvalue weighted by Crippen LogP contribution is 2.40. The molecule has 0 aliphatic carbocycles. The molecule has 0 amide bonds. The van der Waals surface area contributed by atoms with Gasteiger partial charge in [-0.3, -0.25) is 0 Å². The molecule has 0 unspecified atom stereocenters. The Labute approximate surface area is 164 Å². The minimum Gasteiger partial charge on any atom is -0.497 e. The fourth-order valence-electron chi connectivity index (χ4n) is 2.57. The van der Waals surface area contributed by atoms with Gasteiger partial charge in [0.1, 0.15) is 17.4 Å². The minimum atomic E-state index is -0.508. The van der Waals surface area contributed by atoms with Gasteiger partial charge in [-0.2, -0.15) is 0 Å². The van der Waals surface area contributed by atoms with E-state index < -0.39 is 5.97 Å². The van der Waals surface area contributed by atoms with E-state index in [9.17, 15) is 4.79 Å². The van der Waals surface area contributed by atoms with Crippen LogP contribution in [0.25, 0.3) is 10.6 Å². The van der Waals surface area contributed by atoms with Gasteiger partial charge in [0.15, 0.2) is 11.5 Å². The lowest BCUT2D eigenvalue weighted by molar-refractivity contribution is 0.0468. The zero-order chi connectivity index (χ0) is 18.8. The van der Waals surface area contributed by atoms with E-state index in [1.54, 1.807) is 13.2 Å². The molecule has 0 saturated carbocycles. The average molecular weight is 404 g/mol. The van der Waals surface area contributed by atoms with Crippen molar-refractivity contribution < 1.29 is 23.7 Å². The molecule has 27 heavy (non-hydrogen) atoms. The van der Waals surface area contributed by atoms with E-state index in [2.05, 4.69) is 4.98 Å². The van der Waals surface area contributed by atoms with E-state index >= 15 is 0 Å². The number of rotatable bonds is 5. The van der Waals surface area contributed by atoms with Gasteiger partial charge in [-0.15, -0.1) is 11.3 Å². The molecule has 0 atom stereocenters. The molecule has 0 N–H and O–H groups in total. The van der Waals surface area contributed by atoms with Crippen LogP contribution in [0.1, 0.15) is 16.1 Å². The van der Waals surface area contributed by atoms with Gasteiger partial charge in [-0.25, -0.2) is 9.78 Å². The molecule has 3 aromatic rings. The van der Waals surface area contributed by atoms with E-state index in [1.165, 1.54) is 17.4 Å². The van der Waals surface area contributed by atoms with E-state index in [-0.39, 0.29) is 13.4 Å². The molecule has 138 valence electrons. The summed E-state index contributed by atoms with van der Waals surface area (Å²) in [7, 11) is 1.62. The largest absolute Gasteiger partial charge is 0.497 e. The zero-order valence-electron chi connectivity index (χ0n) is 14.2. The zero-order valence-corrected chi connectivity index (χ0v) is 15.8. The monoisotopic (exact) mass is 403 g/mol. The number of halogens is 1. The second kappa shape index (κ2) is 7.46. The Hall–Kier alpha value is -2.77. The molecule has 1 aliphatic heterocycles. The summed E-state index contributed by atoms with van der Waals surface area (Å²) in [5.41, 5.74) is 1.91. The second-order valence-electron chi connectivity index (χ2n) is 5.64. The first kappa shape index (κ1) is 17.6. The van der Waals surface area contributed by atoms with Crippen molar-refractivity contribution in [1.82, 2.24) is 4.98 Å². The van der Waals surface area contributed by atoms with Crippen LogP contribution in [0, 0.1) is 0 Å². The van der Waals surface area contributed by atoms with Crippen LogP contribution in [0.3, 0.4) is 0 Å². The lowest BCUT2D eigenvalue weighted by Gasteiger charge is -2.05. The van der Waals surface area contributed by atoms with Crippen molar-refractivity contribution in [2.45, 2.75) is 6.61 Å². The Bertz CT molecular complexity index is 1000. The Morgan fingerprint density at radius 2 is 2.19 bits per heavy atom. The Morgan fingerprint density at radius 1 is 1.30 bits per heavy atom. The van der Waals surface area contributed by atoms with Gasteiger partial charge in [0.25, 0.3) is 0 Å². The van der Waals surface area contributed by atoms with E-state index in [0.717, 1.165) is 16.3 Å². The third kappa shape index (κ3) is 3.70. The van der Waals surface area contributed by atoms with Crippen LogP contribution >= 0.6 is 22.9 Å². The van der Waals surface area contributed by atoms with Gasteiger partial charge >= 0.3 is 5.97 Å². The molecular weight excluding hydrogens is 390 g/mol. The summed E-state index contributed by atoms with van der Waals surface area (Å²) in [5, 5.41) is 2.99. The summed E-state index contributed by atoms with van der Waals surface area (Å²) in [4.78, 5) is 16.8. The summed E-state index contributed by atoms with van der Waals surface area (Å²) in [5.74, 6) is 1.13. The molecule has 2 heterocycles. The number of carbonyl (C=O) groups excluding carboxylic acids is 1. The van der Waals surface area contributed by atoms with Crippen molar-refractivity contribution >= 4 is 28.9 Å². The molecule has 0 saturated heterocycles. The molecule has 4 rings (SSSR count). The molecule has 6 nitrogen and oxygen atoms in total. The van der Waals surface area contributed by atoms with Gasteiger partial charge < -0.3 is 18.9 Å². The van der Waals surface area contributed by atoms with Crippen LogP contribution in [-0.4, -0.2) is 24.9 Å². The lowest BCUT2D eigenvalue weighted by Crippen LogP contribution is -2.05. The predicted molar refractivity (Wildman–Crippen MR) is 101 cm³/mol. The smallest absolute Gasteiger partial charge is 0.338 e. The summed E-state index contributed by atoms with van der Waals surface area (Å²) < 4.78 is 21.1. The van der Waals surface area contributed by atoms with Crippen LogP contribution in [-0.2, 0) is 11.3 Å². The summed E-state index contributed by atoms with van der Waals surface area (Å²) in [6.07, 6.45) is 0. The van der Waals surface area contributed by atoms with Crippen LogP contribution in [0.2, 0.25) is 5.02 Å². The van der Waals surface area contributed by atoms with Crippen LogP contribution in [0.4, 0.5) is 0 Å². The molecule has 8 heteroatoms. The minimum absolute atomic E-state index is 0.0609. The highest BCUT2D eigenvalue weighted by atomic mass is 35.5. The fraction of sp³-hybridized carbons (Fsp3) is 0.158. The van der Waals surface area contributed by atoms with Crippen molar-refractivity contribution in [3.05, 3.63) is 58.1 Å². The van der Waals surface area contributed by atoms with Gasteiger partial charge in [0.05, 0.1) is 23.4 Å². The Morgan fingerprint density at radius 3 is 3.04 bits per heavy atom. The number of aromatic nitrogens is 1. The van der Waals surface area contributed by atoms with Gasteiger partial charge in [-0.05, 0) is 24.3 Å². The van der Waals surface area contributed by atoms with Crippen molar-refractivity contribution in [3.63, 3.8) is 0 Å². The molecule has 0 radical (unpaired) electrons. The number of fused-ring (bicyclic) bond motifs is 1. The number of thiazole rings is 1. The quantitative estimate of drug-likeness (QED) is 0.582. The van der Waals surface area contributed by atoms with Crippen molar-refractivity contribution in [2.75, 3.05) is 13.9 Å². The fourth-order valence-corrected chi connectivity index (χ4v) is 3.64. The molecule has 0 spiro atoms. The maximum absolute atomic E-state index is 12.3. The number of nitrogens with zero attached hydrogens (tertiary/aromatic N) is 1. The first-order chi connectivity index (χ1) is 13.1. The van der Waals surface area contributed by atoms with E-state index in [1.807, 2.05) is 29.6 Å². The third-order valence-corrected chi connectivity index (χ3v) is 5.10. The van der Waals surface area contributed by atoms with Gasteiger partial charge in [0.2, 0.25) is 6.79 Å². The number of hydrogen-bond acceptors (Lipinski definition) is 7. The van der Waals surface area contributed by atoms with Crippen LogP contribution < -0.4 is 14.2 Å². The lowest BCUT2D eigenvalue weighted by atomic mass is 10.2. The highest BCUT2D eigenvalue weighted by Gasteiger charge is 2.21.